The lowest BCUT2D eigenvalue weighted by atomic mass is 9.85. The standard InChI is InChI=1S/C7H8BNO3/c1-5(10)6-2-3-7(8(11)12)9-4-6/h2-4,11-12H,1H3. The average molecular weight is 165 g/mol. The molecule has 1 rings (SSSR count). The first-order chi connectivity index (χ1) is 5.61. The summed E-state index contributed by atoms with van der Waals surface area (Å²) in [6.45, 7) is 1.42. The molecular formula is C7H8BNO3. The lowest BCUT2D eigenvalue weighted by Crippen LogP contribution is -2.32. The van der Waals surface area contributed by atoms with Gasteiger partial charge in [0.1, 0.15) is 0 Å². The molecule has 0 aliphatic heterocycles. The predicted molar refractivity (Wildman–Crippen MR) is 44.1 cm³/mol. The number of hydrogen-bond acceptors (Lipinski definition) is 4. The Kier molecular flexibility index (Phi) is 2.57. The zero-order valence-corrected chi connectivity index (χ0v) is 6.56. The number of aromatic nitrogens is 1. The van der Waals surface area contributed by atoms with Crippen molar-refractivity contribution in [3.63, 3.8) is 0 Å². The second kappa shape index (κ2) is 3.47. The van der Waals surface area contributed by atoms with Crippen molar-refractivity contribution in [2.45, 2.75) is 6.92 Å². The van der Waals surface area contributed by atoms with Crippen molar-refractivity contribution in [2.24, 2.45) is 0 Å². The molecule has 0 bridgehead atoms. The molecule has 0 saturated carbocycles. The van der Waals surface area contributed by atoms with Crippen molar-refractivity contribution >= 4 is 18.5 Å². The molecule has 1 aromatic rings. The molecular weight excluding hydrogens is 157 g/mol. The molecule has 12 heavy (non-hydrogen) atoms. The van der Waals surface area contributed by atoms with Crippen molar-refractivity contribution in [1.82, 2.24) is 4.98 Å². The van der Waals surface area contributed by atoms with Gasteiger partial charge in [0.25, 0.3) is 0 Å². The molecule has 62 valence electrons. The van der Waals surface area contributed by atoms with Crippen LogP contribution in [0.1, 0.15) is 17.3 Å². The van der Waals surface area contributed by atoms with Crippen LogP contribution >= 0.6 is 0 Å². The van der Waals surface area contributed by atoms with Gasteiger partial charge in [-0.3, -0.25) is 9.78 Å². The van der Waals surface area contributed by atoms with Gasteiger partial charge >= 0.3 is 7.12 Å². The lowest BCUT2D eigenvalue weighted by molar-refractivity contribution is 0.101. The van der Waals surface area contributed by atoms with Gasteiger partial charge in [0, 0.05) is 11.8 Å². The van der Waals surface area contributed by atoms with Gasteiger partial charge in [0.15, 0.2) is 5.78 Å². The van der Waals surface area contributed by atoms with E-state index in [2.05, 4.69) is 4.98 Å². The van der Waals surface area contributed by atoms with Crippen molar-refractivity contribution in [2.75, 3.05) is 0 Å². The Hall–Kier alpha value is -1.20. The molecule has 1 heterocycles. The van der Waals surface area contributed by atoms with E-state index in [0.717, 1.165) is 0 Å². The summed E-state index contributed by atoms with van der Waals surface area (Å²) in [5, 5.41) is 17.3. The van der Waals surface area contributed by atoms with Gasteiger partial charge in [-0.05, 0) is 19.1 Å². The minimum absolute atomic E-state index is 0.0959. The largest absolute Gasteiger partial charge is 0.508 e. The summed E-state index contributed by atoms with van der Waals surface area (Å²) < 4.78 is 0. The van der Waals surface area contributed by atoms with E-state index in [9.17, 15) is 4.79 Å². The molecule has 0 fully saturated rings. The Bertz CT molecular complexity index is 283. The lowest BCUT2D eigenvalue weighted by Gasteiger charge is -1.98. The van der Waals surface area contributed by atoms with Crippen LogP contribution in [0.2, 0.25) is 0 Å². The van der Waals surface area contributed by atoms with E-state index >= 15 is 0 Å². The molecule has 5 heteroatoms. The fourth-order valence-electron chi connectivity index (χ4n) is 0.766. The Morgan fingerprint density at radius 3 is 2.50 bits per heavy atom. The maximum Gasteiger partial charge on any atom is 0.508 e. The summed E-state index contributed by atoms with van der Waals surface area (Å²) in [7, 11) is -1.58. The highest BCUT2D eigenvalue weighted by molar-refractivity contribution is 6.57. The second-order valence-electron chi connectivity index (χ2n) is 2.40. The summed E-state index contributed by atoms with van der Waals surface area (Å²) in [4.78, 5) is 14.4. The van der Waals surface area contributed by atoms with Crippen LogP contribution in [0.15, 0.2) is 18.3 Å². The van der Waals surface area contributed by atoms with Crippen molar-refractivity contribution in [3.8, 4) is 0 Å². The van der Waals surface area contributed by atoms with E-state index < -0.39 is 7.12 Å². The number of nitrogens with zero attached hydrogens (tertiary/aromatic N) is 1. The fraction of sp³-hybridized carbons (Fsp3) is 0.143. The van der Waals surface area contributed by atoms with Crippen LogP contribution in [0.5, 0.6) is 0 Å². The number of carbonyl (C=O) groups is 1. The summed E-state index contributed by atoms with van der Waals surface area (Å²) in [6, 6.07) is 2.91. The summed E-state index contributed by atoms with van der Waals surface area (Å²) in [5.41, 5.74) is 0.597. The van der Waals surface area contributed by atoms with Gasteiger partial charge in [-0.15, -0.1) is 0 Å². The van der Waals surface area contributed by atoms with E-state index in [4.69, 9.17) is 10.0 Å². The molecule has 0 unspecified atom stereocenters. The molecule has 0 spiro atoms. The van der Waals surface area contributed by atoms with Gasteiger partial charge in [-0.25, -0.2) is 0 Å². The number of Topliss-reactive ketones (excluding diaryl/α,β-unsaturated/α-hetero) is 1. The average Bonchev–Trinajstić information content (AvgIpc) is 2.04. The minimum atomic E-state index is -1.58. The second-order valence-corrected chi connectivity index (χ2v) is 2.40. The summed E-state index contributed by atoms with van der Waals surface area (Å²) in [5.74, 6) is -0.0959. The maximum atomic E-state index is 10.8. The predicted octanol–water partition coefficient (Wildman–Crippen LogP) is -1.04. The quantitative estimate of drug-likeness (QED) is 0.433. The topological polar surface area (TPSA) is 70.4 Å². The zero-order chi connectivity index (χ0) is 9.14. The molecule has 0 aromatic carbocycles. The molecule has 2 N–H and O–H groups in total. The number of rotatable bonds is 2. The van der Waals surface area contributed by atoms with E-state index in [1.165, 1.54) is 25.3 Å². The van der Waals surface area contributed by atoms with Gasteiger partial charge in [0.05, 0.1) is 5.59 Å². The highest BCUT2D eigenvalue weighted by Gasteiger charge is 2.12. The van der Waals surface area contributed by atoms with Gasteiger partial charge < -0.3 is 10.0 Å². The third kappa shape index (κ3) is 1.90. The first-order valence-corrected chi connectivity index (χ1v) is 3.44. The first kappa shape index (κ1) is 8.90. The SMILES string of the molecule is CC(=O)c1ccc(B(O)O)nc1. The molecule has 1 aromatic heterocycles. The molecule has 0 saturated heterocycles. The summed E-state index contributed by atoms with van der Waals surface area (Å²) in [6.07, 6.45) is 1.32. The van der Waals surface area contributed by atoms with Crippen LogP contribution < -0.4 is 5.59 Å². The Morgan fingerprint density at radius 1 is 1.50 bits per heavy atom. The monoisotopic (exact) mass is 165 g/mol. The van der Waals surface area contributed by atoms with Crippen LogP contribution in [0.4, 0.5) is 0 Å². The first-order valence-electron chi connectivity index (χ1n) is 3.44. The van der Waals surface area contributed by atoms with E-state index in [1.54, 1.807) is 0 Å². The molecule has 0 amide bonds. The molecule has 0 aliphatic rings. The van der Waals surface area contributed by atoms with Crippen LogP contribution in [0.25, 0.3) is 0 Å². The van der Waals surface area contributed by atoms with Crippen molar-refractivity contribution < 1.29 is 14.8 Å². The van der Waals surface area contributed by atoms with Crippen molar-refractivity contribution in [3.05, 3.63) is 23.9 Å². The molecule has 0 radical (unpaired) electrons. The summed E-state index contributed by atoms with van der Waals surface area (Å²) >= 11 is 0. The zero-order valence-electron chi connectivity index (χ0n) is 6.56. The van der Waals surface area contributed by atoms with Crippen LogP contribution in [0, 0.1) is 0 Å². The van der Waals surface area contributed by atoms with Crippen LogP contribution in [0.3, 0.4) is 0 Å². The third-order valence-corrected chi connectivity index (χ3v) is 1.46. The van der Waals surface area contributed by atoms with Crippen LogP contribution in [-0.4, -0.2) is 27.9 Å². The fourth-order valence-corrected chi connectivity index (χ4v) is 0.766. The minimum Gasteiger partial charge on any atom is -0.422 e. The van der Waals surface area contributed by atoms with Crippen LogP contribution in [-0.2, 0) is 0 Å². The molecule has 0 aliphatic carbocycles. The van der Waals surface area contributed by atoms with Gasteiger partial charge in [-0.1, -0.05) is 0 Å². The highest BCUT2D eigenvalue weighted by atomic mass is 16.4. The molecule has 4 nitrogen and oxygen atoms in total. The maximum absolute atomic E-state index is 10.8. The molecule has 0 atom stereocenters. The van der Waals surface area contributed by atoms with Crippen molar-refractivity contribution in [1.29, 1.82) is 0 Å². The Labute approximate surface area is 70.0 Å². The number of pyridine rings is 1. The van der Waals surface area contributed by atoms with E-state index in [1.807, 2.05) is 0 Å². The number of carbonyl (C=O) groups excluding carboxylic acids is 1. The van der Waals surface area contributed by atoms with Gasteiger partial charge in [0.2, 0.25) is 0 Å². The Morgan fingerprint density at radius 2 is 2.17 bits per heavy atom. The smallest absolute Gasteiger partial charge is 0.422 e. The number of hydrogen-bond donors (Lipinski definition) is 2. The van der Waals surface area contributed by atoms with E-state index in [-0.39, 0.29) is 11.4 Å². The number of ketones is 1. The van der Waals surface area contributed by atoms with E-state index in [0.29, 0.717) is 5.56 Å². The third-order valence-electron chi connectivity index (χ3n) is 1.46. The highest BCUT2D eigenvalue weighted by Crippen LogP contribution is 1.94. The normalized spacial score (nSPS) is 9.58. The Balaban J connectivity index is 2.93. The van der Waals surface area contributed by atoms with Gasteiger partial charge in [-0.2, -0.15) is 0 Å².